The van der Waals surface area contributed by atoms with Gasteiger partial charge in [-0.25, -0.2) is 0 Å². The smallest absolute Gasteiger partial charge is 0.307 e. The van der Waals surface area contributed by atoms with Gasteiger partial charge in [-0.05, 0) is 12.0 Å². The predicted molar refractivity (Wildman–Crippen MR) is 54.8 cm³/mol. The first-order chi connectivity index (χ1) is 7.09. The maximum atomic E-state index is 10.8. The second-order valence-corrected chi connectivity index (χ2v) is 3.20. The van der Waals surface area contributed by atoms with Crippen LogP contribution in [-0.2, 0) is 16.0 Å². The van der Waals surface area contributed by atoms with E-state index in [9.17, 15) is 9.59 Å². The fraction of sp³-hybridized carbons (Fsp3) is 0.182. The molecule has 0 aliphatic heterocycles. The molecule has 0 aromatic heterocycles. The van der Waals surface area contributed by atoms with Crippen molar-refractivity contribution in [3.8, 4) is 0 Å². The van der Waals surface area contributed by atoms with Crippen molar-refractivity contribution in [2.75, 3.05) is 0 Å². The molecule has 79 valence electrons. The molecule has 0 aliphatic rings. The van der Waals surface area contributed by atoms with Gasteiger partial charge in [-0.1, -0.05) is 30.3 Å². The molecule has 1 atom stereocenters. The van der Waals surface area contributed by atoms with Crippen LogP contribution >= 0.6 is 0 Å². The van der Waals surface area contributed by atoms with E-state index in [0.717, 1.165) is 12.0 Å². The molecule has 1 amide bonds. The highest BCUT2D eigenvalue weighted by Gasteiger charge is 2.20. The monoisotopic (exact) mass is 206 g/mol. The average molecular weight is 206 g/mol. The molecular weight excluding hydrogens is 194 g/mol. The summed E-state index contributed by atoms with van der Waals surface area (Å²) in [6.07, 6.45) is 1.30. The molecule has 0 saturated carbocycles. The molecule has 0 saturated heterocycles. The molecule has 1 rings (SSSR count). The Bertz CT molecular complexity index is 348. The molecule has 3 N–H and O–H groups in total. The first-order valence-corrected chi connectivity index (χ1v) is 4.50. The SMILES string of the molecule is NC(=O)[CH]C(Cc1ccccc1)C(=O)O. The third-order valence-corrected chi connectivity index (χ3v) is 1.98. The van der Waals surface area contributed by atoms with Gasteiger partial charge < -0.3 is 10.8 Å². The number of hydrogen-bond acceptors (Lipinski definition) is 2. The summed E-state index contributed by atoms with van der Waals surface area (Å²) < 4.78 is 0. The van der Waals surface area contributed by atoms with Crippen LogP contribution in [0.2, 0.25) is 0 Å². The van der Waals surface area contributed by atoms with Crippen LogP contribution in [0.4, 0.5) is 0 Å². The van der Waals surface area contributed by atoms with Gasteiger partial charge in [0.25, 0.3) is 0 Å². The summed E-state index contributed by atoms with van der Waals surface area (Å²) in [4.78, 5) is 21.4. The maximum absolute atomic E-state index is 10.8. The van der Waals surface area contributed by atoms with Crippen molar-refractivity contribution in [3.05, 3.63) is 42.3 Å². The number of hydrogen-bond donors (Lipinski definition) is 2. The van der Waals surface area contributed by atoms with Crippen molar-refractivity contribution in [1.82, 2.24) is 0 Å². The fourth-order valence-corrected chi connectivity index (χ4v) is 1.28. The zero-order chi connectivity index (χ0) is 11.3. The summed E-state index contributed by atoms with van der Waals surface area (Å²) in [6, 6.07) is 9.10. The highest BCUT2D eigenvalue weighted by atomic mass is 16.4. The number of primary amides is 1. The topological polar surface area (TPSA) is 80.4 Å². The molecule has 4 heteroatoms. The summed E-state index contributed by atoms with van der Waals surface area (Å²) in [5, 5.41) is 8.84. The molecule has 1 unspecified atom stereocenters. The lowest BCUT2D eigenvalue weighted by Gasteiger charge is -2.09. The number of aliphatic carboxylic acids is 1. The first-order valence-electron chi connectivity index (χ1n) is 4.50. The van der Waals surface area contributed by atoms with E-state index in [1.54, 1.807) is 0 Å². The highest BCUT2D eigenvalue weighted by molar-refractivity contribution is 5.89. The van der Waals surface area contributed by atoms with Gasteiger partial charge in [0.15, 0.2) is 0 Å². The minimum absolute atomic E-state index is 0.277. The van der Waals surface area contributed by atoms with Crippen LogP contribution in [0.25, 0.3) is 0 Å². The number of rotatable bonds is 5. The number of amides is 1. The van der Waals surface area contributed by atoms with Crippen LogP contribution in [0.15, 0.2) is 30.3 Å². The molecule has 1 radical (unpaired) electrons. The molecule has 0 heterocycles. The Hall–Kier alpha value is -1.84. The summed E-state index contributed by atoms with van der Waals surface area (Å²) >= 11 is 0. The van der Waals surface area contributed by atoms with E-state index in [1.165, 1.54) is 0 Å². The zero-order valence-corrected chi connectivity index (χ0v) is 8.09. The van der Waals surface area contributed by atoms with Gasteiger partial charge in [-0.2, -0.15) is 0 Å². The zero-order valence-electron chi connectivity index (χ0n) is 8.09. The van der Waals surface area contributed by atoms with Gasteiger partial charge in [0.05, 0.1) is 12.3 Å². The molecule has 0 spiro atoms. The Kier molecular flexibility index (Phi) is 3.85. The molecule has 0 fully saturated rings. The van der Waals surface area contributed by atoms with Gasteiger partial charge in [0.2, 0.25) is 5.91 Å². The molecule has 15 heavy (non-hydrogen) atoms. The van der Waals surface area contributed by atoms with Crippen molar-refractivity contribution in [1.29, 1.82) is 0 Å². The van der Waals surface area contributed by atoms with Gasteiger partial charge in [-0.3, -0.25) is 9.59 Å². The standard InChI is InChI=1S/C11H12NO3/c12-10(13)7-9(11(14)15)6-8-4-2-1-3-5-8/h1-5,7,9H,6H2,(H2,12,13)(H,14,15). The molecule has 4 nitrogen and oxygen atoms in total. The van der Waals surface area contributed by atoms with Gasteiger partial charge in [0, 0.05) is 0 Å². The van der Waals surface area contributed by atoms with E-state index >= 15 is 0 Å². The average Bonchev–Trinajstić information content (AvgIpc) is 2.17. The molecule has 1 aromatic rings. The Morgan fingerprint density at radius 3 is 2.40 bits per heavy atom. The fourth-order valence-electron chi connectivity index (χ4n) is 1.28. The van der Waals surface area contributed by atoms with E-state index in [-0.39, 0.29) is 6.42 Å². The minimum atomic E-state index is -1.04. The van der Waals surface area contributed by atoms with E-state index in [1.807, 2.05) is 30.3 Å². The quantitative estimate of drug-likeness (QED) is 0.741. The Balaban J connectivity index is 2.67. The van der Waals surface area contributed by atoms with Crippen LogP contribution in [0.1, 0.15) is 5.56 Å². The van der Waals surface area contributed by atoms with Crippen molar-refractivity contribution < 1.29 is 14.7 Å². The summed E-state index contributed by atoms with van der Waals surface area (Å²) in [6.45, 7) is 0. The van der Waals surface area contributed by atoms with Crippen LogP contribution in [-0.4, -0.2) is 17.0 Å². The van der Waals surface area contributed by atoms with Crippen molar-refractivity contribution in [2.45, 2.75) is 6.42 Å². The maximum Gasteiger partial charge on any atom is 0.307 e. The lowest BCUT2D eigenvalue weighted by Crippen LogP contribution is -2.25. The van der Waals surface area contributed by atoms with E-state index in [4.69, 9.17) is 10.8 Å². The molecule has 0 aliphatic carbocycles. The van der Waals surface area contributed by atoms with Gasteiger partial charge >= 0.3 is 5.97 Å². The number of benzene rings is 1. The Morgan fingerprint density at radius 1 is 1.33 bits per heavy atom. The predicted octanol–water partition coefficient (Wildman–Crippen LogP) is 0.619. The number of carbonyl (C=O) groups is 2. The van der Waals surface area contributed by atoms with Crippen LogP contribution in [0, 0.1) is 12.3 Å². The summed E-state index contributed by atoms with van der Waals surface area (Å²) in [5.74, 6) is -2.61. The third-order valence-electron chi connectivity index (χ3n) is 1.98. The van der Waals surface area contributed by atoms with Crippen molar-refractivity contribution >= 4 is 11.9 Å². The van der Waals surface area contributed by atoms with Crippen LogP contribution in [0.3, 0.4) is 0 Å². The van der Waals surface area contributed by atoms with Crippen molar-refractivity contribution in [3.63, 3.8) is 0 Å². The number of carbonyl (C=O) groups excluding carboxylic acids is 1. The molecule has 0 bridgehead atoms. The lowest BCUT2D eigenvalue weighted by molar-refractivity contribution is -0.141. The third kappa shape index (κ3) is 3.81. The summed E-state index contributed by atoms with van der Waals surface area (Å²) in [7, 11) is 0. The van der Waals surface area contributed by atoms with E-state index in [0.29, 0.717) is 0 Å². The van der Waals surface area contributed by atoms with E-state index in [2.05, 4.69) is 0 Å². The largest absolute Gasteiger partial charge is 0.481 e. The van der Waals surface area contributed by atoms with Gasteiger partial charge in [-0.15, -0.1) is 0 Å². The number of nitrogens with two attached hydrogens (primary N) is 1. The normalized spacial score (nSPS) is 12.0. The highest BCUT2D eigenvalue weighted by Crippen LogP contribution is 2.11. The Labute approximate surface area is 87.7 Å². The lowest BCUT2D eigenvalue weighted by atomic mass is 9.96. The van der Waals surface area contributed by atoms with Crippen LogP contribution < -0.4 is 5.73 Å². The summed E-state index contributed by atoms with van der Waals surface area (Å²) in [5.41, 5.74) is 5.79. The van der Waals surface area contributed by atoms with Crippen LogP contribution in [0.5, 0.6) is 0 Å². The Morgan fingerprint density at radius 2 is 1.93 bits per heavy atom. The second-order valence-electron chi connectivity index (χ2n) is 3.20. The molecule has 1 aromatic carbocycles. The van der Waals surface area contributed by atoms with Crippen molar-refractivity contribution in [2.24, 2.45) is 11.7 Å². The second kappa shape index (κ2) is 5.14. The molecular formula is C11H12NO3. The first kappa shape index (κ1) is 11.2. The van der Waals surface area contributed by atoms with E-state index < -0.39 is 17.8 Å². The van der Waals surface area contributed by atoms with Gasteiger partial charge in [0.1, 0.15) is 0 Å². The number of carboxylic acid groups (broad SMARTS) is 1. The minimum Gasteiger partial charge on any atom is -0.481 e. The number of carboxylic acids is 1.